The average molecular weight is 244 g/mol. The summed E-state index contributed by atoms with van der Waals surface area (Å²) < 4.78 is 36.1. The van der Waals surface area contributed by atoms with Crippen LogP contribution in [0.5, 0.6) is 0 Å². The third kappa shape index (κ3) is 1.85. The highest BCUT2D eigenvalue weighted by molar-refractivity contribution is 7.84. The molecular formula is C8H8N2O5S. The molecule has 0 spiro atoms. The predicted octanol–water partition coefficient (Wildman–Crippen LogP) is 0.209. The molecule has 0 radical (unpaired) electrons. The molecule has 0 saturated heterocycles. The Morgan fingerprint density at radius 3 is 2.81 bits per heavy atom. The first-order chi connectivity index (χ1) is 7.50. The summed E-state index contributed by atoms with van der Waals surface area (Å²) in [5.41, 5.74) is -0.0996. The van der Waals surface area contributed by atoms with Gasteiger partial charge in [0.25, 0.3) is 0 Å². The van der Waals surface area contributed by atoms with Crippen LogP contribution in [-0.4, -0.2) is 27.0 Å². The standard InChI is InChI=1S/C8H8N2O5S/c11-8(7-2-1-3-15-7)6-4-9-5-10(6)16(12,13)14/h1-5,8,11H,(H,12,13,14). The van der Waals surface area contributed by atoms with Gasteiger partial charge in [0, 0.05) is 0 Å². The highest BCUT2D eigenvalue weighted by atomic mass is 32.2. The summed E-state index contributed by atoms with van der Waals surface area (Å²) in [4.78, 5) is 3.54. The molecule has 0 aliphatic carbocycles. The lowest BCUT2D eigenvalue weighted by Gasteiger charge is -2.08. The number of imidazole rings is 1. The van der Waals surface area contributed by atoms with E-state index in [2.05, 4.69) is 4.98 Å². The van der Waals surface area contributed by atoms with Crippen molar-refractivity contribution in [1.82, 2.24) is 8.96 Å². The molecule has 1 unspecified atom stereocenters. The average Bonchev–Trinajstić information content (AvgIpc) is 2.87. The summed E-state index contributed by atoms with van der Waals surface area (Å²) >= 11 is 0. The molecule has 86 valence electrons. The maximum Gasteiger partial charge on any atom is 0.365 e. The van der Waals surface area contributed by atoms with Crippen LogP contribution in [0.15, 0.2) is 35.3 Å². The molecule has 0 aromatic carbocycles. The second kappa shape index (κ2) is 3.74. The van der Waals surface area contributed by atoms with Crippen LogP contribution < -0.4 is 0 Å². The van der Waals surface area contributed by atoms with Gasteiger partial charge in [-0.1, -0.05) is 0 Å². The molecule has 2 aromatic rings. The van der Waals surface area contributed by atoms with Crippen molar-refractivity contribution >= 4 is 10.3 Å². The Morgan fingerprint density at radius 2 is 2.25 bits per heavy atom. The molecule has 0 amide bonds. The molecule has 0 aliphatic rings. The van der Waals surface area contributed by atoms with Crippen LogP contribution in [0.3, 0.4) is 0 Å². The fourth-order valence-electron chi connectivity index (χ4n) is 1.27. The highest BCUT2D eigenvalue weighted by Gasteiger charge is 2.22. The van der Waals surface area contributed by atoms with Gasteiger partial charge in [-0.25, -0.2) is 8.96 Å². The van der Waals surface area contributed by atoms with Crippen molar-refractivity contribution in [3.8, 4) is 0 Å². The number of aliphatic hydroxyl groups excluding tert-OH is 1. The summed E-state index contributed by atoms with van der Waals surface area (Å²) in [6.45, 7) is 0. The molecule has 2 aromatic heterocycles. The molecule has 0 bridgehead atoms. The molecule has 16 heavy (non-hydrogen) atoms. The third-order valence-electron chi connectivity index (χ3n) is 1.97. The van der Waals surface area contributed by atoms with Crippen LogP contribution >= 0.6 is 0 Å². The van der Waals surface area contributed by atoms with E-state index in [1.807, 2.05) is 0 Å². The van der Waals surface area contributed by atoms with Crippen LogP contribution in [0.25, 0.3) is 0 Å². The molecule has 1 atom stereocenters. The van der Waals surface area contributed by atoms with E-state index in [0.717, 1.165) is 12.5 Å². The van der Waals surface area contributed by atoms with Gasteiger partial charge >= 0.3 is 10.3 Å². The monoisotopic (exact) mass is 244 g/mol. The first kappa shape index (κ1) is 10.9. The van der Waals surface area contributed by atoms with Crippen LogP contribution in [0, 0.1) is 0 Å². The molecule has 2 rings (SSSR count). The first-order valence-electron chi connectivity index (χ1n) is 4.22. The SMILES string of the molecule is O=S(=O)(O)n1cncc1C(O)c1ccco1. The lowest BCUT2D eigenvalue weighted by Crippen LogP contribution is -2.15. The van der Waals surface area contributed by atoms with Gasteiger partial charge in [0.2, 0.25) is 0 Å². The van der Waals surface area contributed by atoms with Gasteiger partial charge < -0.3 is 9.52 Å². The number of rotatable bonds is 3. The number of nitrogens with zero attached hydrogens (tertiary/aromatic N) is 2. The van der Waals surface area contributed by atoms with E-state index in [9.17, 15) is 13.5 Å². The number of aromatic nitrogens is 2. The highest BCUT2D eigenvalue weighted by Crippen LogP contribution is 2.22. The van der Waals surface area contributed by atoms with Crippen LogP contribution in [0.2, 0.25) is 0 Å². The minimum absolute atomic E-state index is 0.0996. The van der Waals surface area contributed by atoms with E-state index in [1.54, 1.807) is 6.07 Å². The zero-order valence-corrected chi connectivity index (χ0v) is 8.70. The quantitative estimate of drug-likeness (QED) is 0.747. The van der Waals surface area contributed by atoms with Gasteiger partial charge in [-0.2, -0.15) is 8.42 Å². The fourth-order valence-corrected chi connectivity index (χ4v) is 1.86. The van der Waals surface area contributed by atoms with Gasteiger partial charge in [-0.15, -0.1) is 0 Å². The van der Waals surface area contributed by atoms with Gasteiger partial charge in [0.1, 0.15) is 12.1 Å². The lowest BCUT2D eigenvalue weighted by atomic mass is 10.2. The zero-order chi connectivity index (χ0) is 11.8. The van der Waals surface area contributed by atoms with E-state index in [1.165, 1.54) is 12.3 Å². The van der Waals surface area contributed by atoms with Crippen molar-refractivity contribution < 1.29 is 22.5 Å². The number of hydrogen-bond donors (Lipinski definition) is 2. The topological polar surface area (TPSA) is 106 Å². The molecule has 2 heterocycles. The Balaban J connectivity index is 2.46. The van der Waals surface area contributed by atoms with Gasteiger partial charge in [-0.05, 0) is 12.1 Å². The summed E-state index contributed by atoms with van der Waals surface area (Å²) in [6, 6.07) is 3.03. The van der Waals surface area contributed by atoms with Crippen LogP contribution in [0.4, 0.5) is 0 Å². The number of hydrogen-bond acceptors (Lipinski definition) is 5. The van der Waals surface area contributed by atoms with Crippen molar-refractivity contribution in [2.24, 2.45) is 0 Å². The minimum atomic E-state index is -4.47. The smallest absolute Gasteiger partial charge is 0.365 e. The van der Waals surface area contributed by atoms with Crippen molar-refractivity contribution in [3.63, 3.8) is 0 Å². The lowest BCUT2D eigenvalue weighted by molar-refractivity contribution is 0.183. The van der Waals surface area contributed by atoms with Gasteiger partial charge in [-0.3, -0.25) is 4.55 Å². The first-order valence-corrected chi connectivity index (χ1v) is 5.61. The molecule has 0 saturated carbocycles. The molecule has 8 heteroatoms. The Hall–Kier alpha value is -1.64. The Bertz CT molecular complexity index is 571. The summed E-state index contributed by atoms with van der Waals surface area (Å²) in [5.74, 6) is 0.158. The van der Waals surface area contributed by atoms with Crippen molar-refractivity contribution in [3.05, 3.63) is 42.4 Å². The molecule has 0 fully saturated rings. The summed E-state index contributed by atoms with van der Waals surface area (Å²) in [5, 5.41) is 9.78. The summed E-state index contributed by atoms with van der Waals surface area (Å²) in [7, 11) is -4.47. The van der Waals surface area contributed by atoms with Crippen molar-refractivity contribution in [1.29, 1.82) is 0 Å². The Labute approximate surface area is 90.8 Å². The van der Waals surface area contributed by atoms with Gasteiger partial charge in [0.15, 0.2) is 6.10 Å². The van der Waals surface area contributed by atoms with Gasteiger partial charge in [0.05, 0.1) is 18.2 Å². The van der Waals surface area contributed by atoms with E-state index in [0.29, 0.717) is 3.97 Å². The van der Waals surface area contributed by atoms with Crippen LogP contribution in [-0.2, 0) is 10.3 Å². The summed E-state index contributed by atoms with van der Waals surface area (Å²) in [6.07, 6.45) is 2.05. The van der Waals surface area contributed by atoms with E-state index in [4.69, 9.17) is 8.97 Å². The predicted molar refractivity (Wildman–Crippen MR) is 51.9 cm³/mol. The fraction of sp³-hybridized carbons (Fsp3) is 0.125. The molecule has 0 aliphatic heterocycles. The maximum absolute atomic E-state index is 10.9. The second-order valence-corrected chi connectivity index (χ2v) is 4.30. The van der Waals surface area contributed by atoms with E-state index < -0.39 is 16.4 Å². The number of furan rings is 1. The molecule has 7 nitrogen and oxygen atoms in total. The van der Waals surface area contributed by atoms with E-state index >= 15 is 0 Å². The largest absolute Gasteiger partial charge is 0.466 e. The van der Waals surface area contributed by atoms with Crippen molar-refractivity contribution in [2.45, 2.75) is 6.10 Å². The number of aliphatic hydroxyl groups is 1. The second-order valence-electron chi connectivity index (χ2n) is 3.01. The minimum Gasteiger partial charge on any atom is -0.466 e. The van der Waals surface area contributed by atoms with Crippen molar-refractivity contribution in [2.75, 3.05) is 0 Å². The van der Waals surface area contributed by atoms with Crippen LogP contribution in [0.1, 0.15) is 17.6 Å². The molecular weight excluding hydrogens is 236 g/mol. The zero-order valence-electron chi connectivity index (χ0n) is 7.89. The third-order valence-corrected chi connectivity index (χ3v) is 2.78. The molecule has 2 N–H and O–H groups in total. The Kier molecular flexibility index (Phi) is 2.54. The normalized spacial score (nSPS) is 13.9. The Morgan fingerprint density at radius 1 is 1.50 bits per heavy atom. The maximum atomic E-state index is 10.9. The van der Waals surface area contributed by atoms with E-state index in [-0.39, 0.29) is 11.5 Å².